The minimum absolute atomic E-state index is 0.0140. The number of aliphatic hydroxyl groups is 2. The van der Waals surface area contributed by atoms with Gasteiger partial charge in [-0.1, -0.05) is 0 Å². The summed E-state index contributed by atoms with van der Waals surface area (Å²) >= 11 is 0. The van der Waals surface area contributed by atoms with Crippen LogP contribution in [-0.4, -0.2) is 62.1 Å². The predicted octanol–water partition coefficient (Wildman–Crippen LogP) is 0.186. The van der Waals surface area contributed by atoms with Crippen LogP contribution in [0.4, 0.5) is 0 Å². The molecular weight excluding hydrogens is 224 g/mol. The first kappa shape index (κ1) is 14.9. The minimum Gasteiger partial charge on any atom is -0.393 e. The molecule has 0 amide bonds. The van der Waals surface area contributed by atoms with E-state index in [0.29, 0.717) is 32.7 Å². The van der Waals surface area contributed by atoms with E-state index in [-0.39, 0.29) is 24.7 Å². The van der Waals surface area contributed by atoms with Gasteiger partial charge in [0.05, 0.1) is 38.1 Å². The molecule has 4 unspecified atom stereocenters. The zero-order chi connectivity index (χ0) is 12.7. The van der Waals surface area contributed by atoms with Crippen molar-refractivity contribution in [2.45, 2.75) is 38.1 Å². The van der Waals surface area contributed by atoms with Crippen LogP contribution in [0.1, 0.15) is 19.8 Å². The smallest absolute Gasteiger partial charge is 0.0781 e. The summed E-state index contributed by atoms with van der Waals surface area (Å²) in [5, 5.41) is 19.5. The molecule has 5 heteroatoms. The molecule has 0 radical (unpaired) electrons. The fourth-order valence-corrected chi connectivity index (χ4v) is 1.99. The van der Waals surface area contributed by atoms with E-state index in [2.05, 4.69) is 0 Å². The summed E-state index contributed by atoms with van der Waals surface area (Å²) in [6.45, 7) is 3.81. The van der Waals surface area contributed by atoms with Gasteiger partial charge >= 0.3 is 0 Å². The third kappa shape index (κ3) is 5.79. The van der Waals surface area contributed by atoms with Crippen molar-refractivity contribution in [2.24, 2.45) is 5.92 Å². The molecule has 1 rings (SSSR count). The summed E-state index contributed by atoms with van der Waals surface area (Å²) in [7, 11) is 1.62. The summed E-state index contributed by atoms with van der Waals surface area (Å²) in [5.74, 6) is 0.0140. The fourth-order valence-electron chi connectivity index (χ4n) is 1.99. The highest BCUT2D eigenvalue weighted by atomic mass is 16.5. The van der Waals surface area contributed by atoms with Gasteiger partial charge in [-0.3, -0.25) is 0 Å². The van der Waals surface area contributed by atoms with Crippen LogP contribution < -0.4 is 0 Å². The van der Waals surface area contributed by atoms with Gasteiger partial charge in [-0.15, -0.1) is 0 Å². The van der Waals surface area contributed by atoms with Gasteiger partial charge in [-0.2, -0.15) is 0 Å². The molecule has 1 heterocycles. The molecular formula is C12H24O5. The number of methoxy groups -OCH3 is 1. The van der Waals surface area contributed by atoms with Gasteiger partial charge < -0.3 is 24.4 Å². The van der Waals surface area contributed by atoms with Gasteiger partial charge in [0, 0.05) is 19.6 Å². The predicted molar refractivity (Wildman–Crippen MR) is 62.8 cm³/mol. The lowest BCUT2D eigenvalue weighted by Crippen LogP contribution is -2.35. The molecule has 0 aromatic carbocycles. The number of hydrogen-bond donors (Lipinski definition) is 2. The van der Waals surface area contributed by atoms with Crippen LogP contribution >= 0.6 is 0 Å². The van der Waals surface area contributed by atoms with Crippen molar-refractivity contribution >= 4 is 0 Å². The summed E-state index contributed by atoms with van der Waals surface area (Å²) in [4.78, 5) is 0. The van der Waals surface area contributed by atoms with E-state index < -0.39 is 6.10 Å². The second-order valence-corrected chi connectivity index (χ2v) is 4.68. The number of ether oxygens (including phenoxy) is 3. The van der Waals surface area contributed by atoms with E-state index in [1.54, 1.807) is 7.11 Å². The van der Waals surface area contributed by atoms with Crippen molar-refractivity contribution in [1.29, 1.82) is 0 Å². The Morgan fingerprint density at radius 2 is 2.18 bits per heavy atom. The monoisotopic (exact) mass is 248 g/mol. The second kappa shape index (κ2) is 8.00. The highest BCUT2D eigenvalue weighted by molar-refractivity contribution is 4.75. The lowest BCUT2D eigenvalue weighted by atomic mass is 9.93. The Morgan fingerprint density at radius 3 is 2.82 bits per heavy atom. The third-order valence-electron chi connectivity index (χ3n) is 2.98. The van der Waals surface area contributed by atoms with E-state index in [4.69, 9.17) is 14.2 Å². The van der Waals surface area contributed by atoms with Crippen molar-refractivity contribution in [2.75, 3.05) is 33.5 Å². The van der Waals surface area contributed by atoms with Crippen molar-refractivity contribution < 1.29 is 24.4 Å². The van der Waals surface area contributed by atoms with Crippen molar-refractivity contribution in [3.8, 4) is 0 Å². The number of aliphatic hydroxyl groups excluding tert-OH is 2. The van der Waals surface area contributed by atoms with E-state index in [1.807, 2.05) is 6.92 Å². The number of hydrogen-bond acceptors (Lipinski definition) is 5. The Balaban J connectivity index is 2.17. The molecule has 4 atom stereocenters. The molecule has 0 aliphatic carbocycles. The van der Waals surface area contributed by atoms with E-state index in [9.17, 15) is 10.2 Å². The summed E-state index contributed by atoms with van der Waals surface area (Å²) in [6, 6.07) is 0. The van der Waals surface area contributed by atoms with Gasteiger partial charge in [0.2, 0.25) is 0 Å². The Hall–Kier alpha value is -0.200. The van der Waals surface area contributed by atoms with Gasteiger partial charge in [-0.05, 0) is 19.8 Å². The van der Waals surface area contributed by atoms with Gasteiger partial charge in [0.1, 0.15) is 0 Å². The molecule has 0 aromatic heterocycles. The molecule has 1 fully saturated rings. The van der Waals surface area contributed by atoms with Crippen LogP contribution in [0, 0.1) is 5.92 Å². The topological polar surface area (TPSA) is 68.2 Å². The van der Waals surface area contributed by atoms with E-state index in [1.165, 1.54) is 0 Å². The molecule has 1 aliphatic heterocycles. The molecule has 102 valence electrons. The van der Waals surface area contributed by atoms with Gasteiger partial charge in [0.25, 0.3) is 0 Å². The van der Waals surface area contributed by atoms with Crippen LogP contribution in [-0.2, 0) is 14.2 Å². The minimum atomic E-state index is -0.560. The van der Waals surface area contributed by atoms with Crippen molar-refractivity contribution in [3.63, 3.8) is 0 Å². The average Bonchev–Trinajstić information content (AvgIpc) is 2.30. The van der Waals surface area contributed by atoms with Crippen LogP contribution in [0.2, 0.25) is 0 Å². The molecule has 1 saturated heterocycles. The van der Waals surface area contributed by atoms with Crippen LogP contribution in [0.5, 0.6) is 0 Å². The standard InChI is InChI=1S/C12H24O5/c1-9(6-15-2)17-8-11(13)5-10-7-16-4-3-12(10)14/h9-14H,3-8H2,1-2H3. The Morgan fingerprint density at radius 1 is 1.41 bits per heavy atom. The van der Waals surface area contributed by atoms with Crippen LogP contribution in [0.3, 0.4) is 0 Å². The van der Waals surface area contributed by atoms with Gasteiger partial charge in [0.15, 0.2) is 0 Å². The van der Waals surface area contributed by atoms with Crippen LogP contribution in [0.15, 0.2) is 0 Å². The average molecular weight is 248 g/mol. The lowest BCUT2D eigenvalue weighted by molar-refractivity contribution is -0.0732. The highest BCUT2D eigenvalue weighted by Gasteiger charge is 2.26. The zero-order valence-corrected chi connectivity index (χ0v) is 10.7. The quantitative estimate of drug-likeness (QED) is 0.673. The lowest BCUT2D eigenvalue weighted by Gasteiger charge is -2.29. The summed E-state index contributed by atoms with van der Waals surface area (Å²) in [5.41, 5.74) is 0. The largest absolute Gasteiger partial charge is 0.393 e. The summed E-state index contributed by atoms with van der Waals surface area (Å²) in [6.07, 6.45) is 0.215. The first-order valence-electron chi connectivity index (χ1n) is 6.18. The fraction of sp³-hybridized carbons (Fsp3) is 1.00. The maximum atomic E-state index is 9.80. The van der Waals surface area contributed by atoms with Crippen molar-refractivity contribution in [3.05, 3.63) is 0 Å². The Kier molecular flexibility index (Phi) is 6.99. The first-order valence-corrected chi connectivity index (χ1v) is 6.18. The number of rotatable bonds is 7. The molecule has 0 saturated carbocycles. The molecule has 1 aliphatic rings. The SMILES string of the molecule is COCC(C)OCC(O)CC1COCCC1O. The molecule has 0 aromatic rings. The maximum Gasteiger partial charge on any atom is 0.0781 e. The zero-order valence-electron chi connectivity index (χ0n) is 10.7. The van der Waals surface area contributed by atoms with Crippen molar-refractivity contribution in [1.82, 2.24) is 0 Å². The van der Waals surface area contributed by atoms with Crippen LogP contribution in [0.25, 0.3) is 0 Å². The van der Waals surface area contributed by atoms with E-state index in [0.717, 1.165) is 0 Å². The highest BCUT2D eigenvalue weighted by Crippen LogP contribution is 2.19. The molecule has 0 bridgehead atoms. The van der Waals surface area contributed by atoms with Gasteiger partial charge in [-0.25, -0.2) is 0 Å². The molecule has 17 heavy (non-hydrogen) atoms. The van der Waals surface area contributed by atoms with E-state index >= 15 is 0 Å². The molecule has 2 N–H and O–H groups in total. The molecule has 5 nitrogen and oxygen atoms in total. The maximum absolute atomic E-state index is 9.80. The first-order chi connectivity index (χ1) is 8.13. The Bertz CT molecular complexity index is 199. The summed E-state index contributed by atoms with van der Waals surface area (Å²) < 4.78 is 15.6. The normalized spacial score (nSPS) is 28.9. The molecule has 0 spiro atoms. The second-order valence-electron chi connectivity index (χ2n) is 4.68. The third-order valence-corrected chi connectivity index (χ3v) is 2.98. The Labute approximate surface area is 103 Å².